The number of halogens is 4. The van der Waals surface area contributed by atoms with E-state index >= 15 is 0 Å². The van der Waals surface area contributed by atoms with Gasteiger partial charge in [-0.3, -0.25) is 4.99 Å². The van der Waals surface area contributed by atoms with Crippen LogP contribution in [0.2, 0.25) is 0 Å². The highest BCUT2D eigenvalue weighted by Crippen LogP contribution is 2.60. The van der Waals surface area contributed by atoms with Crippen molar-refractivity contribution in [3.8, 4) is 0 Å². The SMILES string of the molecule is CCNC(=NCCc1nc(C(F)(F)F)cs1)NC1C2CCOC2C12CCCC2.I. The number of thiazole rings is 1. The molecule has 0 radical (unpaired) electrons. The van der Waals surface area contributed by atoms with Crippen LogP contribution in [-0.2, 0) is 17.3 Å². The third-order valence-electron chi connectivity index (χ3n) is 6.36. The molecule has 10 heteroatoms. The van der Waals surface area contributed by atoms with Crippen LogP contribution in [0.1, 0.15) is 49.7 Å². The second-order valence-corrected chi connectivity index (χ2v) is 8.88. The summed E-state index contributed by atoms with van der Waals surface area (Å²) in [6.07, 6.45) is 2.40. The average Bonchev–Trinajstić information content (AvgIpc) is 3.37. The summed E-state index contributed by atoms with van der Waals surface area (Å²) in [5.41, 5.74) is -0.583. The lowest BCUT2D eigenvalue weighted by Crippen LogP contribution is -2.69. The summed E-state index contributed by atoms with van der Waals surface area (Å²) in [7, 11) is 0. The maximum Gasteiger partial charge on any atom is 0.434 e. The highest BCUT2D eigenvalue weighted by atomic mass is 127. The van der Waals surface area contributed by atoms with E-state index in [1.807, 2.05) is 6.92 Å². The second kappa shape index (κ2) is 9.25. The van der Waals surface area contributed by atoms with Gasteiger partial charge in [0.2, 0.25) is 0 Å². The summed E-state index contributed by atoms with van der Waals surface area (Å²) in [5, 5.41) is 8.46. The monoisotopic (exact) mass is 544 g/mol. The van der Waals surface area contributed by atoms with Gasteiger partial charge in [-0.05, 0) is 26.2 Å². The summed E-state index contributed by atoms with van der Waals surface area (Å²) in [4.78, 5) is 8.29. The third-order valence-corrected chi connectivity index (χ3v) is 7.27. The van der Waals surface area contributed by atoms with E-state index in [4.69, 9.17) is 4.74 Å². The van der Waals surface area contributed by atoms with Gasteiger partial charge >= 0.3 is 6.18 Å². The van der Waals surface area contributed by atoms with Crippen LogP contribution < -0.4 is 10.6 Å². The zero-order valence-corrected chi connectivity index (χ0v) is 19.6. The fourth-order valence-corrected chi connectivity index (χ4v) is 5.98. The van der Waals surface area contributed by atoms with Crippen LogP contribution in [0.5, 0.6) is 0 Å². The lowest BCUT2D eigenvalue weighted by Gasteiger charge is -2.57. The van der Waals surface area contributed by atoms with Crippen molar-refractivity contribution in [3.63, 3.8) is 0 Å². The van der Waals surface area contributed by atoms with E-state index in [9.17, 15) is 13.2 Å². The molecule has 0 bridgehead atoms. The minimum absolute atomic E-state index is 0. The van der Waals surface area contributed by atoms with Crippen molar-refractivity contribution in [2.45, 2.75) is 63.8 Å². The van der Waals surface area contributed by atoms with Crippen molar-refractivity contribution >= 4 is 41.3 Å². The molecule has 2 aliphatic carbocycles. The molecule has 2 saturated carbocycles. The third kappa shape index (κ3) is 4.53. The molecule has 1 aromatic rings. The maximum absolute atomic E-state index is 12.7. The Morgan fingerprint density at radius 3 is 2.79 bits per heavy atom. The largest absolute Gasteiger partial charge is 0.434 e. The Hall–Kier alpha value is -0.620. The number of aliphatic imine (C=N–C) groups is 1. The van der Waals surface area contributed by atoms with E-state index in [0.717, 1.165) is 42.2 Å². The number of nitrogens with one attached hydrogen (secondary N) is 2. The van der Waals surface area contributed by atoms with Crippen LogP contribution in [0.4, 0.5) is 13.2 Å². The van der Waals surface area contributed by atoms with Crippen molar-refractivity contribution in [1.29, 1.82) is 0 Å². The van der Waals surface area contributed by atoms with Gasteiger partial charge < -0.3 is 15.4 Å². The minimum Gasteiger partial charge on any atom is -0.377 e. The number of hydrogen-bond acceptors (Lipinski definition) is 4. The molecule has 3 aliphatic rings. The van der Waals surface area contributed by atoms with Crippen LogP contribution in [-0.4, -0.2) is 42.8 Å². The summed E-state index contributed by atoms with van der Waals surface area (Å²) in [6, 6.07) is 0.372. The van der Waals surface area contributed by atoms with Crippen molar-refractivity contribution in [3.05, 3.63) is 16.1 Å². The first kappa shape index (κ1) is 23.1. The van der Waals surface area contributed by atoms with Gasteiger partial charge in [-0.25, -0.2) is 4.98 Å². The first-order chi connectivity index (χ1) is 13.4. The van der Waals surface area contributed by atoms with Crippen molar-refractivity contribution in [2.24, 2.45) is 16.3 Å². The number of fused-ring (bicyclic) bond motifs is 2. The second-order valence-electron chi connectivity index (χ2n) is 7.94. The van der Waals surface area contributed by atoms with Crippen molar-refractivity contribution < 1.29 is 17.9 Å². The Kier molecular flexibility index (Phi) is 7.35. The number of ether oxygens (including phenoxy) is 1. The van der Waals surface area contributed by atoms with Crippen molar-refractivity contribution in [1.82, 2.24) is 15.6 Å². The molecule has 0 amide bonds. The van der Waals surface area contributed by atoms with Gasteiger partial charge in [-0.15, -0.1) is 35.3 Å². The van der Waals surface area contributed by atoms with Gasteiger partial charge in [0.1, 0.15) is 0 Å². The summed E-state index contributed by atoms with van der Waals surface area (Å²) >= 11 is 1.04. The fourth-order valence-electron chi connectivity index (χ4n) is 5.19. The van der Waals surface area contributed by atoms with Gasteiger partial charge in [-0.2, -0.15) is 13.2 Å². The molecule has 2 heterocycles. The zero-order chi connectivity index (χ0) is 19.8. The summed E-state index contributed by atoms with van der Waals surface area (Å²) < 4.78 is 44.1. The zero-order valence-electron chi connectivity index (χ0n) is 16.4. The molecule has 1 spiro atoms. The smallest absolute Gasteiger partial charge is 0.377 e. The molecule has 3 fully saturated rings. The quantitative estimate of drug-likeness (QED) is 0.331. The number of alkyl halides is 3. The van der Waals surface area contributed by atoms with Crippen molar-refractivity contribution in [2.75, 3.05) is 19.7 Å². The van der Waals surface area contributed by atoms with E-state index < -0.39 is 11.9 Å². The lowest BCUT2D eigenvalue weighted by molar-refractivity contribution is -0.140. The van der Waals surface area contributed by atoms with Gasteiger partial charge in [-0.1, -0.05) is 12.8 Å². The first-order valence-corrected chi connectivity index (χ1v) is 11.0. The normalized spacial score (nSPS) is 28.0. The van der Waals surface area contributed by atoms with E-state index in [1.165, 1.54) is 25.7 Å². The topological polar surface area (TPSA) is 58.5 Å². The number of aromatic nitrogens is 1. The molecule has 29 heavy (non-hydrogen) atoms. The molecule has 1 saturated heterocycles. The molecule has 0 aromatic carbocycles. The average molecular weight is 544 g/mol. The molecular weight excluding hydrogens is 516 g/mol. The Morgan fingerprint density at radius 2 is 2.14 bits per heavy atom. The van der Waals surface area contributed by atoms with Gasteiger partial charge in [0.25, 0.3) is 0 Å². The maximum atomic E-state index is 12.7. The number of nitrogens with zero attached hydrogens (tertiary/aromatic N) is 2. The molecule has 3 atom stereocenters. The van der Waals surface area contributed by atoms with Crippen LogP contribution in [0.15, 0.2) is 10.4 Å². The molecule has 5 nitrogen and oxygen atoms in total. The highest BCUT2D eigenvalue weighted by Gasteiger charge is 2.65. The molecule has 3 unspecified atom stereocenters. The molecule has 2 N–H and O–H groups in total. The van der Waals surface area contributed by atoms with Crippen LogP contribution in [0, 0.1) is 11.3 Å². The number of hydrogen-bond donors (Lipinski definition) is 2. The van der Waals surface area contributed by atoms with E-state index in [-0.39, 0.29) is 29.4 Å². The molecule has 1 aromatic heterocycles. The summed E-state index contributed by atoms with van der Waals surface area (Å²) in [5.74, 6) is 1.28. The van der Waals surface area contributed by atoms with Gasteiger partial charge in [0.15, 0.2) is 11.7 Å². The Morgan fingerprint density at radius 1 is 1.38 bits per heavy atom. The van der Waals surface area contributed by atoms with Gasteiger partial charge in [0.05, 0.1) is 11.1 Å². The minimum atomic E-state index is -4.38. The Balaban J connectivity index is 0.00000240. The Bertz CT molecular complexity index is 721. The predicted molar refractivity (Wildman–Crippen MR) is 118 cm³/mol. The first-order valence-electron chi connectivity index (χ1n) is 10.1. The lowest BCUT2D eigenvalue weighted by atomic mass is 9.54. The van der Waals surface area contributed by atoms with Crippen LogP contribution in [0.25, 0.3) is 0 Å². The number of rotatable bonds is 5. The standard InChI is InChI=1S/C19H27F3N4OS.HI/c1-2-23-17(24-9-5-14-25-13(11-28-14)19(20,21)22)26-15-12-6-10-27-16(12)18(15)7-3-4-8-18;/h11-12,15-16H,2-10H2,1H3,(H2,23,24,26);1H. The molecule has 4 rings (SSSR count). The van der Waals surface area contributed by atoms with Gasteiger partial charge in [0, 0.05) is 48.9 Å². The van der Waals surface area contributed by atoms with E-state index in [0.29, 0.717) is 36.0 Å². The molecular formula is C19H28F3IN4OS. The molecule has 164 valence electrons. The van der Waals surface area contributed by atoms with E-state index in [2.05, 4.69) is 20.6 Å². The Labute approximate surface area is 190 Å². The summed E-state index contributed by atoms with van der Waals surface area (Å²) in [6.45, 7) is 4.01. The van der Waals surface area contributed by atoms with Crippen LogP contribution in [0.3, 0.4) is 0 Å². The number of guanidine groups is 1. The van der Waals surface area contributed by atoms with E-state index in [1.54, 1.807) is 0 Å². The van der Waals surface area contributed by atoms with Crippen LogP contribution >= 0.6 is 35.3 Å². The molecule has 1 aliphatic heterocycles. The highest BCUT2D eigenvalue weighted by molar-refractivity contribution is 14.0. The predicted octanol–water partition coefficient (Wildman–Crippen LogP) is 4.23. The fraction of sp³-hybridized carbons (Fsp3) is 0.789.